The number of nitrogens with one attached hydrogen (secondary N) is 1. The minimum atomic E-state index is -0.241. The number of rotatable bonds is 3. The summed E-state index contributed by atoms with van der Waals surface area (Å²) in [5.74, 6) is 1.15. The highest BCUT2D eigenvalue weighted by molar-refractivity contribution is 7.15. The van der Waals surface area contributed by atoms with Crippen LogP contribution in [0.4, 0.5) is 5.13 Å². The number of amides is 1. The van der Waals surface area contributed by atoms with Gasteiger partial charge in [-0.2, -0.15) is 5.10 Å². The van der Waals surface area contributed by atoms with Crippen molar-refractivity contribution in [3.8, 4) is 22.8 Å². The molecule has 1 N–H and O–H groups in total. The third kappa shape index (κ3) is 3.28. The van der Waals surface area contributed by atoms with Gasteiger partial charge in [0.05, 0.1) is 18.8 Å². The van der Waals surface area contributed by atoms with Gasteiger partial charge in [0.1, 0.15) is 5.69 Å². The third-order valence-corrected chi connectivity index (χ3v) is 4.76. The number of anilines is 1. The Kier molecular flexibility index (Phi) is 4.34. The van der Waals surface area contributed by atoms with Crippen LogP contribution in [-0.4, -0.2) is 33.9 Å². The molecule has 0 atom stereocenters. The number of fused-ring (bicyclic) bond motifs is 1. The van der Waals surface area contributed by atoms with Crippen LogP contribution in [0.25, 0.3) is 11.3 Å². The number of thiazole rings is 1. The number of hydrogen-bond acceptors (Lipinski definition) is 6. The second kappa shape index (κ2) is 6.80. The number of ether oxygens (including phenoxy) is 2. The number of carbonyl (C=O) groups is 1. The molecule has 0 fully saturated rings. The molecule has 0 unspecified atom stereocenters. The lowest BCUT2D eigenvalue weighted by Crippen LogP contribution is -2.12. The molecule has 1 aromatic carbocycles. The number of nitrogens with zero attached hydrogens (tertiary/aromatic N) is 3. The predicted molar refractivity (Wildman–Crippen MR) is 99.1 cm³/mol. The zero-order chi connectivity index (χ0) is 18.1. The van der Waals surface area contributed by atoms with Crippen LogP contribution in [0.1, 0.15) is 21.7 Å². The summed E-state index contributed by atoms with van der Waals surface area (Å²) in [5, 5.41) is 7.87. The minimum Gasteiger partial charge on any atom is -0.490 e. The first kappa shape index (κ1) is 16.6. The zero-order valence-corrected chi connectivity index (χ0v) is 15.3. The summed E-state index contributed by atoms with van der Waals surface area (Å²) in [4.78, 5) is 17.9. The van der Waals surface area contributed by atoms with Gasteiger partial charge in [0.25, 0.3) is 5.91 Å². The number of aryl methyl sites for hydroxylation is 2. The van der Waals surface area contributed by atoms with Crippen LogP contribution in [0.15, 0.2) is 30.6 Å². The fraction of sp³-hybridized carbons (Fsp3) is 0.278. The van der Waals surface area contributed by atoms with Crippen LogP contribution in [0, 0.1) is 6.92 Å². The van der Waals surface area contributed by atoms with E-state index < -0.39 is 0 Å². The van der Waals surface area contributed by atoms with Gasteiger partial charge in [0.2, 0.25) is 0 Å². The summed E-state index contributed by atoms with van der Waals surface area (Å²) >= 11 is 1.43. The summed E-state index contributed by atoms with van der Waals surface area (Å²) in [6.07, 6.45) is 4.27. The summed E-state index contributed by atoms with van der Waals surface area (Å²) in [5.41, 5.74) is 1.87. The van der Waals surface area contributed by atoms with Crippen molar-refractivity contribution in [1.82, 2.24) is 14.8 Å². The Hall–Kier alpha value is -2.87. The number of benzene rings is 1. The molecule has 0 aliphatic carbocycles. The van der Waals surface area contributed by atoms with E-state index in [2.05, 4.69) is 15.4 Å². The van der Waals surface area contributed by atoms with Gasteiger partial charge in [-0.3, -0.25) is 14.8 Å². The smallest absolute Gasteiger partial charge is 0.261 e. The maximum Gasteiger partial charge on any atom is 0.261 e. The normalized spacial score (nSPS) is 13.3. The predicted octanol–water partition coefficient (Wildman–Crippen LogP) is 3.27. The second-order valence-corrected chi connectivity index (χ2v) is 7.24. The van der Waals surface area contributed by atoms with Crippen LogP contribution in [0.5, 0.6) is 11.5 Å². The largest absolute Gasteiger partial charge is 0.490 e. The molecule has 4 rings (SSSR count). The lowest BCUT2D eigenvalue weighted by molar-refractivity contribution is 0.102. The number of aromatic nitrogens is 3. The van der Waals surface area contributed by atoms with Crippen molar-refractivity contribution < 1.29 is 14.3 Å². The fourth-order valence-corrected chi connectivity index (χ4v) is 3.41. The molecule has 0 spiro atoms. The molecule has 0 saturated heterocycles. The number of carbonyl (C=O) groups excluding carboxylic acids is 1. The van der Waals surface area contributed by atoms with Gasteiger partial charge in [-0.05, 0) is 25.1 Å². The molecule has 1 amide bonds. The quantitative estimate of drug-likeness (QED) is 0.766. The molecule has 1 aliphatic rings. The SMILES string of the molecule is Cc1cnc(NC(=O)c2cn(C)nc2-c2ccc3c(c2)OCCCO3)s1. The molecule has 3 heterocycles. The van der Waals surface area contributed by atoms with Gasteiger partial charge in [0.15, 0.2) is 16.6 Å². The fourth-order valence-electron chi connectivity index (χ4n) is 2.76. The first-order valence-electron chi connectivity index (χ1n) is 8.27. The maximum absolute atomic E-state index is 12.7. The Balaban J connectivity index is 1.67. The third-order valence-electron chi connectivity index (χ3n) is 3.94. The lowest BCUT2D eigenvalue weighted by atomic mass is 10.1. The van der Waals surface area contributed by atoms with Crippen LogP contribution in [0.3, 0.4) is 0 Å². The van der Waals surface area contributed by atoms with E-state index in [1.807, 2.05) is 25.1 Å². The van der Waals surface area contributed by atoms with E-state index in [0.29, 0.717) is 41.1 Å². The Morgan fingerprint density at radius 3 is 2.85 bits per heavy atom. The first-order valence-corrected chi connectivity index (χ1v) is 9.09. The molecule has 26 heavy (non-hydrogen) atoms. The van der Waals surface area contributed by atoms with Crippen molar-refractivity contribution >= 4 is 22.4 Å². The van der Waals surface area contributed by atoms with Crippen molar-refractivity contribution in [2.45, 2.75) is 13.3 Å². The van der Waals surface area contributed by atoms with E-state index in [9.17, 15) is 4.79 Å². The Bertz CT molecular complexity index is 963. The van der Waals surface area contributed by atoms with Crippen molar-refractivity contribution in [1.29, 1.82) is 0 Å². The van der Waals surface area contributed by atoms with Gasteiger partial charge < -0.3 is 9.47 Å². The molecule has 7 nitrogen and oxygen atoms in total. The molecular weight excluding hydrogens is 352 g/mol. The van der Waals surface area contributed by atoms with Crippen molar-refractivity contribution in [2.75, 3.05) is 18.5 Å². The van der Waals surface area contributed by atoms with Gasteiger partial charge in [-0.1, -0.05) is 0 Å². The van der Waals surface area contributed by atoms with E-state index in [0.717, 1.165) is 16.9 Å². The van der Waals surface area contributed by atoms with Crippen LogP contribution in [0.2, 0.25) is 0 Å². The zero-order valence-electron chi connectivity index (χ0n) is 14.5. The summed E-state index contributed by atoms with van der Waals surface area (Å²) < 4.78 is 13.0. The van der Waals surface area contributed by atoms with E-state index in [1.54, 1.807) is 24.1 Å². The Morgan fingerprint density at radius 1 is 1.27 bits per heavy atom. The van der Waals surface area contributed by atoms with Gasteiger partial charge >= 0.3 is 0 Å². The molecular formula is C18H18N4O3S. The second-order valence-electron chi connectivity index (χ2n) is 6.01. The molecule has 2 aromatic heterocycles. The van der Waals surface area contributed by atoms with Crippen molar-refractivity contribution in [3.05, 3.63) is 41.0 Å². The molecule has 0 bridgehead atoms. The topological polar surface area (TPSA) is 78.3 Å². The average molecular weight is 370 g/mol. The molecule has 3 aromatic rings. The average Bonchev–Trinajstić information content (AvgIpc) is 3.12. The summed E-state index contributed by atoms with van der Waals surface area (Å²) in [6, 6.07) is 5.62. The van der Waals surface area contributed by atoms with Crippen molar-refractivity contribution in [2.24, 2.45) is 7.05 Å². The molecule has 0 saturated carbocycles. The minimum absolute atomic E-state index is 0.241. The standard InChI is InChI=1S/C18H18N4O3S/c1-11-9-19-18(26-11)20-17(23)13-10-22(2)21-16(13)12-4-5-14-15(8-12)25-7-3-6-24-14/h4-5,8-10H,3,6-7H2,1-2H3,(H,19,20,23). The van der Waals surface area contributed by atoms with Gasteiger partial charge in [-0.15, -0.1) is 11.3 Å². The van der Waals surface area contributed by atoms with E-state index >= 15 is 0 Å². The van der Waals surface area contributed by atoms with Gasteiger partial charge in [-0.25, -0.2) is 4.98 Å². The van der Waals surface area contributed by atoms with E-state index in [1.165, 1.54) is 11.3 Å². The Labute approximate surface area is 154 Å². The highest BCUT2D eigenvalue weighted by Crippen LogP contribution is 2.35. The van der Waals surface area contributed by atoms with E-state index in [4.69, 9.17) is 9.47 Å². The van der Waals surface area contributed by atoms with Crippen LogP contribution in [-0.2, 0) is 7.05 Å². The van der Waals surface area contributed by atoms with Crippen LogP contribution >= 0.6 is 11.3 Å². The maximum atomic E-state index is 12.7. The monoisotopic (exact) mass is 370 g/mol. The lowest BCUT2D eigenvalue weighted by Gasteiger charge is -2.09. The number of hydrogen-bond donors (Lipinski definition) is 1. The highest BCUT2D eigenvalue weighted by Gasteiger charge is 2.20. The highest BCUT2D eigenvalue weighted by atomic mass is 32.1. The summed E-state index contributed by atoms with van der Waals surface area (Å²) in [7, 11) is 1.79. The molecule has 134 valence electrons. The Morgan fingerprint density at radius 2 is 2.08 bits per heavy atom. The summed E-state index contributed by atoms with van der Waals surface area (Å²) in [6.45, 7) is 3.19. The molecule has 8 heteroatoms. The van der Waals surface area contributed by atoms with Crippen LogP contribution < -0.4 is 14.8 Å². The van der Waals surface area contributed by atoms with Gasteiger partial charge in [0, 0.05) is 36.3 Å². The first-order chi connectivity index (χ1) is 12.6. The molecule has 1 aliphatic heterocycles. The van der Waals surface area contributed by atoms with Crippen molar-refractivity contribution in [3.63, 3.8) is 0 Å². The van der Waals surface area contributed by atoms with E-state index in [-0.39, 0.29) is 5.91 Å². The molecule has 0 radical (unpaired) electrons.